The molecule has 0 spiro atoms. The third-order valence-electron chi connectivity index (χ3n) is 13.8. The monoisotopic (exact) mass is 965 g/mol. The number of ether oxygens (including phenoxy) is 1. The second-order valence-electron chi connectivity index (χ2n) is 19.5. The molecule has 1 saturated heterocycles. The highest BCUT2D eigenvalue weighted by Gasteiger charge is 2.42. The zero-order chi connectivity index (χ0) is 48.9. The average Bonchev–Trinajstić information content (AvgIpc) is 4.14. The molecule has 0 radical (unpaired) electrons. The number of carbonyl (C=O) groups is 4. The molecule has 3 amide bonds. The van der Waals surface area contributed by atoms with Gasteiger partial charge in [0, 0.05) is 46.9 Å². The number of nitrogens with one attached hydrogen (secondary N) is 2. The van der Waals surface area contributed by atoms with Crippen LogP contribution in [-0.2, 0) is 32.1 Å². The Morgan fingerprint density at radius 2 is 1.64 bits per heavy atom. The van der Waals surface area contributed by atoms with Crippen LogP contribution in [0.4, 0.5) is 5.69 Å². The van der Waals surface area contributed by atoms with Crippen LogP contribution in [0.5, 0.6) is 0 Å². The van der Waals surface area contributed by atoms with Gasteiger partial charge in [0.1, 0.15) is 29.0 Å². The lowest BCUT2D eigenvalue weighted by Crippen LogP contribution is -2.57. The summed E-state index contributed by atoms with van der Waals surface area (Å²) in [6.07, 6.45) is 2.08. The van der Waals surface area contributed by atoms with Crippen molar-refractivity contribution >= 4 is 57.8 Å². The maximum absolute atomic E-state index is 14.5. The number of benzene rings is 3. The molecule has 0 saturated carbocycles. The normalized spacial score (nSPS) is 17.5. The van der Waals surface area contributed by atoms with Gasteiger partial charge in [-0.1, -0.05) is 63.2 Å². The van der Waals surface area contributed by atoms with Gasteiger partial charge in [0.05, 0.1) is 41.4 Å². The summed E-state index contributed by atoms with van der Waals surface area (Å²) in [4.78, 5) is 71.0. The number of carbonyl (C=O) groups excluding carboxylic acids is 4. The molecule has 0 bridgehead atoms. The van der Waals surface area contributed by atoms with Crippen molar-refractivity contribution in [1.82, 2.24) is 35.3 Å². The number of aromatic nitrogens is 4. The second-order valence-corrected chi connectivity index (χ2v) is 21.5. The van der Waals surface area contributed by atoms with Crippen LogP contribution in [-0.4, -0.2) is 86.3 Å². The molecule has 3 aromatic carbocycles. The van der Waals surface area contributed by atoms with E-state index in [2.05, 4.69) is 81.0 Å². The first-order chi connectivity index (χ1) is 33.0. The van der Waals surface area contributed by atoms with Crippen molar-refractivity contribution in [2.24, 2.45) is 10.4 Å². The Balaban J connectivity index is 0.885. The standard InChI is InChI=1S/C53H59N9O5S2/c1-29-32(4)69-52-44(29)45(56-41(26-43(63)67-9)48-59-58-33(5)62(48)52)36-18-20-40(21-19-36)60-24-22-35-14-17-38(25-39(35)27-60)49(64)57-47(53(6,7)8)51(66)61-23-10-11-42(61)50(65)55-30(2)34-12-15-37(16-13-34)46-31(3)54-28-68-46/h12-21,25,28,30,41-42,47H,10-11,22-24,26-27H2,1-9H3,(H,55,65)(H,57,64). The number of rotatable bonds is 11. The quantitative estimate of drug-likeness (QED) is 0.121. The fraction of sp³-hybridized carbons (Fsp3) is 0.396. The van der Waals surface area contributed by atoms with E-state index >= 15 is 0 Å². The van der Waals surface area contributed by atoms with Crippen molar-refractivity contribution in [2.75, 3.05) is 25.1 Å². The van der Waals surface area contributed by atoms with Crippen LogP contribution in [0.25, 0.3) is 15.4 Å². The minimum atomic E-state index is -0.863. The Morgan fingerprint density at radius 1 is 0.899 bits per heavy atom. The number of fused-ring (bicyclic) bond motifs is 4. The summed E-state index contributed by atoms with van der Waals surface area (Å²) < 4.78 is 7.09. The fourth-order valence-corrected chi connectivity index (χ4v) is 11.8. The second kappa shape index (κ2) is 19.1. The number of nitrogens with zero attached hydrogens (tertiary/aromatic N) is 7. The molecule has 2 N–H and O–H groups in total. The number of aliphatic imine (C=N–C) groups is 1. The summed E-state index contributed by atoms with van der Waals surface area (Å²) >= 11 is 3.27. The molecule has 14 nitrogen and oxygen atoms in total. The van der Waals surface area contributed by atoms with Gasteiger partial charge in [0.2, 0.25) is 11.8 Å². The fourth-order valence-electron chi connectivity index (χ4n) is 9.74. The Kier molecular flexibility index (Phi) is 13.2. The number of amides is 3. The Labute approximate surface area is 411 Å². The average molecular weight is 966 g/mol. The van der Waals surface area contributed by atoms with Crippen LogP contribution < -0.4 is 15.5 Å². The molecule has 16 heteroatoms. The SMILES string of the molecule is COC(=O)CC1N=C(c2ccc(N3CCc4ccc(C(=O)NC(C(=O)N5CCCC5C(=O)NC(C)c5ccc(-c6scnc6C)cc5)C(C)(C)C)cc4C3)cc2)c2c(sc(C)c2C)-n2c(C)nnc21. The van der Waals surface area contributed by atoms with Crippen molar-refractivity contribution in [3.05, 3.63) is 133 Å². The molecular weight excluding hydrogens is 907 g/mol. The topological polar surface area (TPSA) is 164 Å². The predicted molar refractivity (Wildman–Crippen MR) is 270 cm³/mol. The first-order valence-corrected chi connectivity index (χ1v) is 25.3. The molecule has 3 aromatic heterocycles. The zero-order valence-electron chi connectivity index (χ0n) is 40.7. The largest absolute Gasteiger partial charge is 0.469 e. The number of hydrogen-bond donors (Lipinski definition) is 2. The van der Waals surface area contributed by atoms with Crippen molar-refractivity contribution in [3.8, 4) is 15.4 Å². The third-order valence-corrected chi connectivity index (χ3v) is 16.0. The number of aryl methyl sites for hydroxylation is 3. The lowest BCUT2D eigenvalue weighted by Gasteiger charge is -2.36. The highest BCUT2D eigenvalue weighted by molar-refractivity contribution is 7.15. The van der Waals surface area contributed by atoms with Gasteiger partial charge in [0.25, 0.3) is 5.91 Å². The number of methoxy groups -OCH3 is 1. The number of hydrogen-bond acceptors (Lipinski definition) is 12. The van der Waals surface area contributed by atoms with Gasteiger partial charge in [-0.25, -0.2) is 4.98 Å². The molecule has 3 aliphatic rings. The number of thiazole rings is 1. The molecule has 358 valence electrons. The summed E-state index contributed by atoms with van der Waals surface area (Å²) in [6.45, 7) is 17.7. The smallest absolute Gasteiger partial charge is 0.308 e. The van der Waals surface area contributed by atoms with Gasteiger partial charge >= 0.3 is 5.97 Å². The predicted octanol–water partition coefficient (Wildman–Crippen LogP) is 8.72. The van der Waals surface area contributed by atoms with Crippen LogP contribution in [0.1, 0.15) is 125 Å². The highest BCUT2D eigenvalue weighted by atomic mass is 32.1. The minimum absolute atomic E-state index is 0.0345. The number of anilines is 1. The van der Waals surface area contributed by atoms with Crippen molar-refractivity contribution in [2.45, 2.75) is 112 Å². The molecule has 9 rings (SSSR count). The Morgan fingerprint density at radius 3 is 2.33 bits per heavy atom. The van der Waals surface area contributed by atoms with Crippen LogP contribution >= 0.6 is 22.7 Å². The van der Waals surface area contributed by atoms with Crippen LogP contribution in [0.3, 0.4) is 0 Å². The molecule has 6 aromatic rings. The van der Waals surface area contributed by atoms with E-state index in [0.29, 0.717) is 37.3 Å². The molecular formula is C53H59N9O5S2. The summed E-state index contributed by atoms with van der Waals surface area (Å²) in [5.74, 6) is 0.172. The zero-order valence-corrected chi connectivity index (χ0v) is 42.3. The maximum atomic E-state index is 14.5. The Hall–Kier alpha value is -6.52. The van der Waals surface area contributed by atoms with E-state index in [0.717, 1.165) is 79.1 Å². The van der Waals surface area contributed by atoms with Crippen LogP contribution in [0.15, 0.2) is 77.2 Å². The van der Waals surface area contributed by atoms with Crippen molar-refractivity contribution in [1.29, 1.82) is 0 Å². The molecule has 0 aliphatic carbocycles. The van der Waals surface area contributed by atoms with Crippen LogP contribution in [0.2, 0.25) is 0 Å². The van der Waals surface area contributed by atoms with Gasteiger partial charge in [-0.05, 0) is 111 Å². The van der Waals surface area contributed by atoms with E-state index in [-0.39, 0.29) is 36.2 Å². The lowest BCUT2D eigenvalue weighted by molar-refractivity contribution is -0.142. The van der Waals surface area contributed by atoms with Gasteiger partial charge < -0.3 is 25.2 Å². The van der Waals surface area contributed by atoms with E-state index in [1.165, 1.54) is 17.6 Å². The minimum Gasteiger partial charge on any atom is -0.469 e. The first-order valence-electron chi connectivity index (χ1n) is 23.6. The van der Waals surface area contributed by atoms with Gasteiger partial charge in [-0.15, -0.1) is 32.9 Å². The molecule has 69 heavy (non-hydrogen) atoms. The molecule has 3 aliphatic heterocycles. The number of esters is 1. The van der Waals surface area contributed by atoms with Crippen LogP contribution in [0, 0.1) is 33.1 Å². The third kappa shape index (κ3) is 9.36. The molecule has 6 heterocycles. The van der Waals surface area contributed by atoms with Gasteiger partial charge in [0.15, 0.2) is 5.82 Å². The summed E-state index contributed by atoms with van der Waals surface area (Å²) in [7, 11) is 1.38. The van der Waals surface area contributed by atoms with E-state index in [1.807, 2.05) is 82.0 Å². The number of likely N-dealkylation sites (tertiary alicyclic amines) is 1. The van der Waals surface area contributed by atoms with Crippen molar-refractivity contribution < 1.29 is 23.9 Å². The molecule has 4 atom stereocenters. The number of thiophene rings is 1. The first kappa shape index (κ1) is 47.5. The summed E-state index contributed by atoms with van der Waals surface area (Å²) in [5, 5.41) is 16.1. The molecule has 4 unspecified atom stereocenters. The lowest BCUT2D eigenvalue weighted by atomic mass is 9.85. The molecule has 1 fully saturated rings. The summed E-state index contributed by atoms with van der Waals surface area (Å²) in [5.41, 5.74) is 11.8. The van der Waals surface area contributed by atoms with E-state index < -0.39 is 23.5 Å². The van der Waals surface area contributed by atoms with Crippen molar-refractivity contribution in [3.63, 3.8) is 0 Å². The van der Waals surface area contributed by atoms with E-state index in [1.54, 1.807) is 27.6 Å². The van der Waals surface area contributed by atoms with E-state index in [4.69, 9.17) is 9.73 Å². The maximum Gasteiger partial charge on any atom is 0.308 e. The van der Waals surface area contributed by atoms with Gasteiger partial charge in [-0.3, -0.25) is 28.7 Å². The van der Waals surface area contributed by atoms with Gasteiger partial charge in [-0.2, -0.15) is 0 Å². The Bertz CT molecular complexity index is 2980. The summed E-state index contributed by atoms with van der Waals surface area (Å²) in [6, 6.07) is 20.0. The van der Waals surface area contributed by atoms with E-state index in [9.17, 15) is 19.2 Å². The highest BCUT2D eigenvalue weighted by Crippen LogP contribution is 2.40.